The van der Waals surface area contributed by atoms with Gasteiger partial charge in [0.2, 0.25) is 0 Å². The standard InChI is InChI=1S/C11H20F3N3O/c1-8-5-3-2-4-6-17(8)7-9(10(15)16-18)11(12,13)14/h8-9,18H,2-7H2,1H3,(H2,15,16). The third-order valence-electron chi connectivity index (χ3n) is 3.48. The van der Waals surface area contributed by atoms with E-state index in [4.69, 9.17) is 10.9 Å². The first-order chi connectivity index (χ1) is 8.36. The van der Waals surface area contributed by atoms with Gasteiger partial charge in [-0.15, -0.1) is 0 Å². The van der Waals surface area contributed by atoms with E-state index in [9.17, 15) is 13.2 Å². The molecule has 0 spiro atoms. The number of alkyl halides is 3. The van der Waals surface area contributed by atoms with Crippen molar-refractivity contribution in [3.63, 3.8) is 0 Å². The molecule has 106 valence electrons. The maximum Gasteiger partial charge on any atom is 0.400 e. The van der Waals surface area contributed by atoms with Crippen LogP contribution in [0.15, 0.2) is 5.16 Å². The Morgan fingerprint density at radius 2 is 2.11 bits per heavy atom. The SMILES string of the molecule is CC1CCCCCN1CC(C(N)=NO)C(F)(F)F. The van der Waals surface area contributed by atoms with Crippen LogP contribution in [-0.2, 0) is 0 Å². The number of nitrogens with two attached hydrogens (primary N) is 1. The minimum atomic E-state index is -4.48. The normalized spacial score (nSPS) is 25.8. The van der Waals surface area contributed by atoms with E-state index in [1.165, 1.54) is 0 Å². The Bertz CT molecular complexity index is 294. The van der Waals surface area contributed by atoms with Crippen molar-refractivity contribution < 1.29 is 18.4 Å². The van der Waals surface area contributed by atoms with Gasteiger partial charge in [0.25, 0.3) is 0 Å². The summed E-state index contributed by atoms with van der Waals surface area (Å²) in [7, 11) is 0. The highest BCUT2D eigenvalue weighted by molar-refractivity contribution is 5.83. The lowest BCUT2D eigenvalue weighted by Crippen LogP contribution is -2.46. The summed E-state index contributed by atoms with van der Waals surface area (Å²) in [6.07, 6.45) is -0.618. The van der Waals surface area contributed by atoms with Gasteiger partial charge in [-0.05, 0) is 26.3 Å². The zero-order valence-corrected chi connectivity index (χ0v) is 10.5. The van der Waals surface area contributed by atoms with Crippen LogP contribution in [0.2, 0.25) is 0 Å². The second kappa shape index (κ2) is 6.26. The molecule has 4 nitrogen and oxygen atoms in total. The first-order valence-electron chi connectivity index (χ1n) is 6.14. The lowest BCUT2D eigenvalue weighted by molar-refractivity contribution is -0.161. The van der Waals surface area contributed by atoms with Gasteiger partial charge in [-0.1, -0.05) is 18.0 Å². The largest absolute Gasteiger partial charge is 0.409 e. The minimum Gasteiger partial charge on any atom is -0.409 e. The molecule has 0 aromatic heterocycles. The molecule has 7 heteroatoms. The molecule has 1 rings (SSSR count). The Labute approximate surface area is 105 Å². The zero-order valence-electron chi connectivity index (χ0n) is 10.5. The van der Waals surface area contributed by atoms with Crippen molar-refractivity contribution >= 4 is 5.84 Å². The summed E-state index contributed by atoms with van der Waals surface area (Å²) in [6, 6.07) is 0.101. The van der Waals surface area contributed by atoms with E-state index in [1.807, 2.05) is 6.92 Å². The van der Waals surface area contributed by atoms with Crippen LogP contribution in [0.1, 0.15) is 32.6 Å². The molecule has 0 aromatic rings. The van der Waals surface area contributed by atoms with Gasteiger partial charge in [0.05, 0.1) is 0 Å². The fourth-order valence-electron chi connectivity index (χ4n) is 2.27. The van der Waals surface area contributed by atoms with Crippen LogP contribution in [0.4, 0.5) is 13.2 Å². The number of amidine groups is 1. The summed E-state index contributed by atoms with van der Waals surface area (Å²) in [5.41, 5.74) is 5.16. The highest BCUT2D eigenvalue weighted by Gasteiger charge is 2.44. The molecule has 0 aromatic carbocycles. The third-order valence-corrected chi connectivity index (χ3v) is 3.48. The van der Waals surface area contributed by atoms with Crippen LogP contribution >= 0.6 is 0 Å². The Morgan fingerprint density at radius 1 is 1.44 bits per heavy atom. The third kappa shape index (κ3) is 4.04. The van der Waals surface area contributed by atoms with Gasteiger partial charge in [0.15, 0.2) is 5.84 Å². The second-order valence-electron chi connectivity index (χ2n) is 4.81. The number of nitrogens with zero attached hydrogens (tertiary/aromatic N) is 2. The summed E-state index contributed by atoms with van der Waals surface area (Å²) < 4.78 is 38.5. The number of oxime groups is 1. The molecule has 1 aliphatic heterocycles. The van der Waals surface area contributed by atoms with E-state index in [1.54, 1.807) is 4.90 Å². The van der Waals surface area contributed by atoms with Gasteiger partial charge in [0, 0.05) is 12.6 Å². The van der Waals surface area contributed by atoms with E-state index in [-0.39, 0.29) is 12.6 Å². The molecule has 1 saturated heterocycles. The Kier molecular flexibility index (Phi) is 5.25. The van der Waals surface area contributed by atoms with E-state index in [0.717, 1.165) is 25.7 Å². The first-order valence-corrected chi connectivity index (χ1v) is 6.14. The van der Waals surface area contributed by atoms with Gasteiger partial charge >= 0.3 is 6.18 Å². The van der Waals surface area contributed by atoms with Gasteiger partial charge in [-0.3, -0.25) is 4.90 Å². The van der Waals surface area contributed by atoms with Crippen molar-refractivity contribution in [1.82, 2.24) is 4.90 Å². The molecular formula is C11H20F3N3O. The molecule has 2 unspecified atom stereocenters. The van der Waals surface area contributed by atoms with Crippen LogP contribution in [0, 0.1) is 5.92 Å². The van der Waals surface area contributed by atoms with Crippen LogP contribution in [0.3, 0.4) is 0 Å². The monoisotopic (exact) mass is 267 g/mol. The predicted octanol–water partition coefficient (Wildman–Crippen LogP) is 2.18. The van der Waals surface area contributed by atoms with Gasteiger partial charge in [0.1, 0.15) is 5.92 Å². The molecule has 0 bridgehead atoms. The topological polar surface area (TPSA) is 61.8 Å². The summed E-state index contributed by atoms with van der Waals surface area (Å²) in [6.45, 7) is 2.32. The van der Waals surface area contributed by atoms with E-state index >= 15 is 0 Å². The van der Waals surface area contributed by atoms with Gasteiger partial charge in [-0.2, -0.15) is 13.2 Å². The summed E-state index contributed by atoms with van der Waals surface area (Å²) in [4.78, 5) is 1.78. The highest BCUT2D eigenvalue weighted by Crippen LogP contribution is 2.29. The average molecular weight is 267 g/mol. The van der Waals surface area contributed by atoms with Crippen molar-refractivity contribution in [3.8, 4) is 0 Å². The smallest absolute Gasteiger partial charge is 0.400 e. The maximum absolute atomic E-state index is 12.8. The van der Waals surface area contributed by atoms with Crippen molar-refractivity contribution in [2.75, 3.05) is 13.1 Å². The maximum atomic E-state index is 12.8. The molecule has 18 heavy (non-hydrogen) atoms. The summed E-state index contributed by atoms with van der Waals surface area (Å²) in [5, 5.41) is 11.0. The van der Waals surface area contributed by atoms with Crippen LogP contribution in [0.25, 0.3) is 0 Å². The molecule has 0 radical (unpaired) electrons. The van der Waals surface area contributed by atoms with E-state index in [2.05, 4.69) is 5.16 Å². The van der Waals surface area contributed by atoms with Gasteiger partial charge in [-0.25, -0.2) is 0 Å². The number of hydrogen-bond acceptors (Lipinski definition) is 3. The highest BCUT2D eigenvalue weighted by atomic mass is 19.4. The molecule has 2 atom stereocenters. The molecule has 0 saturated carbocycles. The average Bonchev–Trinajstić information content (AvgIpc) is 2.48. The molecule has 1 heterocycles. The molecule has 3 N–H and O–H groups in total. The minimum absolute atomic E-state index is 0.101. The number of rotatable bonds is 3. The van der Waals surface area contributed by atoms with E-state index in [0.29, 0.717) is 6.54 Å². The molecular weight excluding hydrogens is 247 g/mol. The lowest BCUT2D eigenvalue weighted by atomic mass is 10.1. The summed E-state index contributed by atoms with van der Waals surface area (Å²) in [5.74, 6) is -2.66. The zero-order chi connectivity index (χ0) is 13.8. The molecule has 1 aliphatic rings. The van der Waals surface area contributed by atoms with Crippen molar-refractivity contribution in [1.29, 1.82) is 0 Å². The molecule has 0 amide bonds. The fourth-order valence-corrected chi connectivity index (χ4v) is 2.27. The fraction of sp³-hybridized carbons (Fsp3) is 0.909. The van der Waals surface area contributed by atoms with Gasteiger partial charge < -0.3 is 10.9 Å². The predicted molar refractivity (Wildman–Crippen MR) is 62.5 cm³/mol. The van der Waals surface area contributed by atoms with Crippen LogP contribution in [-0.4, -0.2) is 41.3 Å². The molecule has 1 fully saturated rings. The number of halogens is 3. The second-order valence-corrected chi connectivity index (χ2v) is 4.81. The van der Waals surface area contributed by atoms with Crippen molar-refractivity contribution in [3.05, 3.63) is 0 Å². The van der Waals surface area contributed by atoms with Crippen LogP contribution in [0.5, 0.6) is 0 Å². The Morgan fingerprint density at radius 3 is 2.67 bits per heavy atom. The van der Waals surface area contributed by atoms with E-state index < -0.39 is 17.9 Å². The quantitative estimate of drug-likeness (QED) is 0.356. The number of hydrogen-bond donors (Lipinski definition) is 2. The lowest BCUT2D eigenvalue weighted by Gasteiger charge is -2.31. The van der Waals surface area contributed by atoms with Crippen molar-refractivity contribution in [2.45, 2.75) is 44.8 Å². The Balaban J connectivity index is 2.76. The molecule has 0 aliphatic carbocycles. The van der Waals surface area contributed by atoms with Crippen LogP contribution < -0.4 is 5.73 Å². The first kappa shape index (κ1) is 15.1. The number of likely N-dealkylation sites (tertiary alicyclic amines) is 1. The Hall–Kier alpha value is -0.980. The van der Waals surface area contributed by atoms with Crippen molar-refractivity contribution in [2.24, 2.45) is 16.8 Å². The summed E-state index contributed by atoms with van der Waals surface area (Å²) >= 11 is 0.